The van der Waals surface area contributed by atoms with E-state index in [1.807, 2.05) is 48.5 Å². The molecule has 2 aromatic carbocycles. The standard InChI is InChI=1S/C19H14BrNO3/c1-2-11-23-16-9-3-13(4-10-16)12-17-19(22)24-18(21-17)14-5-7-15(20)8-6-14/h2-10,12H,1,11H2. The van der Waals surface area contributed by atoms with Gasteiger partial charge in [0.15, 0.2) is 5.70 Å². The predicted octanol–water partition coefficient (Wildman–Crippen LogP) is 4.36. The number of aliphatic imine (C=N–C) groups is 1. The summed E-state index contributed by atoms with van der Waals surface area (Å²) in [5.41, 5.74) is 1.87. The van der Waals surface area contributed by atoms with Gasteiger partial charge >= 0.3 is 5.97 Å². The Morgan fingerprint density at radius 3 is 2.50 bits per heavy atom. The maximum Gasteiger partial charge on any atom is 0.363 e. The fraction of sp³-hybridized carbons (Fsp3) is 0.0526. The second-order valence-corrected chi connectivity index (χ2v) is 5.93. The van der Waals surface area contributed by atoms with Crippen LogP contribution in [0.2, 0.25) is 0 Å². The second-order valence-electron chi connectivity index (χ2n) is 5.01. The molecule has 2 aromatic rings. The topological polar surface area (TPSA) is 47.9 Å². The summed E-state index contributed by atoms with van der Waals surface area (Å²) in [7, 11) is 0. The van der Waals surface area contributed by atoms with Crippen LogP contribution in [-0.4, -0.2) is 18.5 Å². The number of hydrogen-bond donors (Lipinski definition) is 0. The highest BCUT2D eigenvalue weighted by Gasteiger charge is 2.23. The lowest BCUT2D eigenvalue weighted by molar-refractivity contribution is -0.129. The Bertz CT molecular complexity index is 821. The summed E-state index contributed by atoms with van der Waals surface area (Å²) in [6.45, 7) is 4.06. The third-order valence-corrected chi connectivity index (χ3v) is 3.79. The van der Waals surface area contributed by atoms with E-state index < -0.39 is 5.97 Å². The molecule has 5 heteroatoms. The molecule has 0 bridgehead atoms. The summed E-state index contributed by atoms with van der Waals surface area (Å²) in [5.74, 6) is 0.592. The van der Waals surface area contributed by atoms with Gasteiger partial charge in [0, 0.05) is 10.0 Å². The summed E-state index contributed by atoms with van der Waals surface area (Å²) in [6, 6.07) is 14.8. The third kappa shape index (κ3) is 3.81. The molecule has 0 N–H and O–H groups in total. The van der Waals surface area contributed by atoms with Crippen molar-refractivity contribution >= 4 is 33.9 Å². The van der Waals surface area contributed by atoms with Crippen LogP contribution in [0.5, 0.6) is 5.75 Å². The number of ether oxygens (including phenoxy) is 2. The van der Waals surface area contributed by atoms with Crippen molar-refractivity contribution in [1.29, 1.82) is 0 Å². The minimum atomic E-state index is -0.458. The molecule has 4 nitrogen and oxygen atoms in total. The number of hydrogen-bond acceptors (Lipinski definition) is 4. The first-order valence-electron chi connectivity index (χ1n) is 7.28. The molecule has 0 atom stereocenters. The molecule has 1 aliphatic rings. The van der Waals surface area contributed by atoms with Gasteiger partial charge in [-0.3, -0.25) is 0 Å². The number of rotatable bonds is 5. The number of cyclic esters (lactones) is 1. The number of benzene rings is 2. The van der Waals surface area contributed by atoms with Crippen LogP contribution in [0.4, 0.5) is 0 Å². The van der Waals surface area contributed by atoms with Crippen LogP contribution in [0.25, 0.3) is 6.08 Å². The molecule has 0 aromatic heterocycles. The number of esters is 1. The third-order valence-electron chi connectivity index (χ3n) is 3.26. The summed E-state index contributed by atoms with van der Waals surface area (Å²) in [5, 5.41) is 0. The molecule has 0 spiro atoms. The van der Waals surface area contributed by atoms with Crippen molar-refractivity contribution in [3.05, 3.63) is 82.5 Å². The van der Waals surface area contributed by atoms with E-state index in [1.165, 1.54) is 0 Å². The van der Waals surface area contributed by atoms with Gasteiger partial charge in [0.05, 0.1) is 0 Å². The van der Waals surface area contributed by atoms with Crippen LogP contribution < -0.4 is 4.74 Å². The zero-order valence-corrected chi connectivity index (χ0v) is 14.3. The van der Waals surface area contributed by atoms with Gasteiger partial charge in [0.25, 0.3) is 0 Å². The summed E-state index contributed by atoms with van der Waals surface area (Å²) < 4.78 is 11.6. The maximum absolute atomic E-state index is 12.0. The van der Waals surface area contributed by atoms with Crippen molar-refractivity contribution in [2.24, 2.45) is 4.99 Å². The summed E-state index contributed by atoms with van der Waals surface area (Å²) in [4.78, 5) is 16.3. The molecule has 0 aliphatic carbocycles. The molecule has 1 aliphatic heterocycles. The van der Waals surface area contributed by atoms with Crippen LogP contribution >= 0.6 is 15.9 Å². The molecule has 0 amide bonds. The second kappa shape index (κ2) is 7.27. The lowest BCUT2D eigenvalue weighted by Gasteiger charge is -2.02. The van der Waals surface area contributed by atoms with Crippen molar-refractivity contribution in [3.63, 3.8) is 0 Å². The van der Waals surface area contributed by atoms with Gasteiger partial charge in [0.2, 0.25) is 5.90 Å². The lowest BCUT2D eigenvalue weighted by Crippen LogP contribution is -2.05. The highest BCUT2D eigenvalue weighted by molar-refractivity contribution is 9.10. The van der Waals surface area contributed by atoms with Crippen molar-refractivity contribution in [1.82, 2.24) is 0 Å². The molecule has 1 heterocycles. The molecule has 120 valence electrons. The summed E-state index contributed by atoms with van der Waals surface area (Å²) >= 11 is 3.37. The Hall–Kier alpha value is -2.66. The number of carbonyl (C=O) groups excluding carboxylic acids is 1. The SMILES string of the molecule is C=CCOc1ccc(C=C2N=C(c3ccc(Br)cc3)OC2=O)cc1. The average Bonchev–Trinajstić information content (AvgIpc) is 2.95. The Balaban J connectivity index is 1.80. The van der Waals surface area contributed by atoms with Gasteiger partial charge in [-0.25, -0.2) is 9.79 Å². The van der Waals surface area contributed by atoms with Crippen molar-refractivity contribution in [3.8, 4) is 5.75 Å². The van der Waals surface area contributed by atoms with Gasteiger partial charge in [-0.05, 0) is 48.0 Å². The molecule has 0 saturated carbocycles. The van der Waals surface area contributed by atoms with E-state index in [-0.39, 0.29) is 5.70 Å². The molecule has 0 fully saturated rings. The van der Waals surface area contributed by atoms with Crippen LogP contribution in [0.1, 0.15) is 11.1 Å². The molecule has 24 heavy (non-hydrogen) atoms. The van der Waals surface area contributed by atoms with E-state index in [4.69, 9.17) is 9.47 Å². The zero-order valence-electron chi connectivity index (χ0n) is 12.7. The van der Waals surface area contributed by atoms with Gasteiger partial charge in [0.1, 0.15) is 12.4 Å². The normalized spacial score (nSPS) is 15.1. The molecule has 0 radical (unpaired) electrons. The quantitative estimate of drug-likeness (QED) is 0.437. The Morgan fingerprint density at radius 2 is 1.83 bits per heavy atom. The smallest absolute Gasteiger partial charge is 0.363 e. The van der Waals surface area contributed by atoms with E-state index in [2.05, 4.69) is 27.5 Å². The highest BCUT2D eigenvalue weighted by atomic mass is 79.9. The lowest BCUT2D eigenvalue weighted by atomic mass is 10.2. The van der Waals surface area contributed by atoms with Gasteiger partial charge in [-0.2, -0.15) is 0 Å². The predicted molar refractivity (Wildman–Crippen MR) is 96.9 cm³/mol. The van der Waals surface area contributed by atoms with Crippen LogP contribution in [0, 0.1) is 0 Å². The Kier molecular flexibility index (Phi) is 4.91. The van der Waals surface area contributed by atoms with Crippen molar-refractivity contribution < 1.29 is 14.3 Å². The van der Waals surface area contributed by atoms with Crippen LogP contribution in [0.3, 0.4) is 0 Å². The highest BCUT2D eigenvalue weighted by Crippen LogP contribution is 2.21. The first-order chi connectivity index (χ1) is 11.7. The van der Waals surface area contributed by atoms with Crippen LogP contribution in [-0.2, 0) is 9.53 Å². The van der Waals surface area contributed by atoms with Gasteiger partial charge < -0.3 is 9.47 Å². The first kappa shape index (κ1) is 16.2. The minimum Gasteiger partial charge on any atom is -0.490 e. The van der Waals surface area contributed by atoms with Gasteiger partial charge in [-0.1, -0.05) is 40.7 Å². The Labute approximate surface area is 148 Å². The van der Waals surface area contributed by atoms with Crippen LogP contribution in [0.15, 0.2) is 76.3 Å². The first-order valence-corrected chi connectivity index (χ1v) is 8.07. The fourth-order valence-electron chi connectivity index (χ4n) is 2.10. The molecular weight excluding hydrogens is 370 g/mol. The molecular formula is C19H14BrNO3. The largest absolute Gasteiger partial charge is 0.490 e. The monoisotopic (exact) mass is 383 g/mol. The maximum atomic E-state index is 12.0. The average molecular weight is 384 g/mol. The number of carbonyl (C=O) groups is 1. The van der Waals surface area contributed by atoms with Crippen molar-refractivity contribution in [2.75, 3.05) is 6.61 Å². The Morgan fingerprint density at radius 1 is 1.12 bits per heavy atom. The van der Waals surface area contributed by atoms with E-state index in [9.17, 15) is 4.79 Å². The van der Waals surface area contributed by atoms with E-state index in [0.717, 1.165) is 21.3 Å². The number of halogens is 1. The summed E-state index contributed by atoms with van der Waals surface area (Å²) in [6.07, 6.45) is 3.37. The molecule has 3 rings (SSSR count). The minimum absolute atomic E-state index is 0.271. The van der Waals surface area contributed by atoms with E-state index >= 15 is 0 Å². The van der Waals surface area contributed by atoms with Gasteiger partial charge in [-0.15, -0.1) is 0 Å². The van der Waals surface area contributed by atoms with E-state index in [0.29, 0.717) is 12.5 Å². The molecule has 0 unspecified atom stereocenters. The fourth-order valence-corrected chi connectivity index (χ4v) is 2.36. The van der Waals surface area contributed by atoms with E-state index in [1.54, 1.807) is 12.2 Å². The number of nitrogens with zero attached hydrogens (tertiary/aromatic N) is 1. The zero-order chi connectivity index (χ0) is 16.9. The van der Waals surface area contributed by atoms with Crippen molar-refractivity contribution in [2.45, 2.75) is 0 Å². The molecule has 0 saturated heterocycles.